The Morgan fingerprint density at radius 2 is 2.12 bits per heavy atom. The van der Waals surface area contributed by atoms with E-state index in [0.29, 0.717) is 16.9 Å². The van der Waals surface area contributed by atoms with Crippen LogP contribution in [0.2, 0.25) is 0 Å². The van der Waals surface area contributed by atoms with E-state index < -0.39 is 17.5 Å². The van der Waals surface area contributed by atoms with Crippen molar-refractivity contribution in [2.75, 3.05) is 27.4 Å². The Morgan fingerprint density at radius 3 is 2.74 bits per heavy atom. The highest BCUT2D eigenvalue weighted by atomic mass is 17.1. The Bertz CT molecular complexity index is 1120. The van der Waals surface area contributed by atoms with Gasteiger partial charge in [-0.1, -0.05) is 24.3 Å². The largest absolute Gasteiger partial charge is 0.498 e. The fourth-order valence-corrected chi connectivity index (χ4v) is 3.82. The molecule has 2 heterocycles. The lowest BCUT2D eigenvalue weighted by Gasteiger charge is -2.32. The van der Waals surface area contributed by atoms with Crippen molar-refractivity contribution in [3.05, 3.63) is 65.0 Å². The van der Waals surface area contributed by atoms with Crippen LogP contribution in [0, 0.1) is 12.3 Å². The summed E-state index contributed by atoms with van der Waals surface area (Å²) in [5.74, 6) is 2.15. The van der Waals surface area contributed by atoms with Crippen LogP contribution in [0.15, 0.2) is 53.8 Å². The molecular formula is C24H25N3O7. The molecule has 0 bridgehead atoms. The average Bonchev–Trinajstić information content (AvgIpc) is 3.29. The number of hydrogen-bond acceptors (Lipinski definition) is 7. The molecule has 0 unspecified atom stereocenters. The number of urea groups is 1. The van der Waals surface area contributed by atoms with Gasteiger partial charge >= 0.3 is 6.03 Å². The first-order valence-electron chi connectivity index (χ1n) is 10.3. The van der Waals surface area contributed by atoms with Crippen molar-refractivity contribution in [3.8, 4) is 18.1 Å². The maximum Gasteiger partial charge on any atom is 0.322 e. The van der Waals surface area contributed by atoms with E-state index in [1.54, 1.807) is 30.4 Å². The summed E-state index contributed by atoms with van der Waals surface area (Å²) in [6, 6.07) is 4.46. The number of terminal acetylenes is 1. The van der Waals surface area contributed by atoms with E-state index in [2.05, 4.69) is 21.4 Å². The van der Waals surface area contributed by atoms with Crippen molar-refractivity contribution in [3.63, 3.8) is 0 Å². The summed E-state index contributed by atoms with van der Waals surface area (Å²) in [6.07, 6.45) is 12.0. The molecule has 0 saturated carbocycles. The van der Waals surface area contributed by atoms with Gasteiger partial charge in [0.25, 0.3) is 11.8 Å². The Labute approximate surface area is 196 Å². The van der Waals surface area contributed by atoms with Gasteiger partial charge in [0.15, 0.2) is 5.54 Å². The second kappa shape index (κ2) is 10.7. The summed E-state index contributed by atoms with van der Waals surface area (Å²) >= 11 is 0. The molecule has 1 atom stereocenters. The van der Waals surface area contributed by atoms with Gasteiger partial charge in [-0.2, -0.15) is 0 Å². The van der Waals surface area contributed by atoms with Crippen molar-refractivity contribution in [1.82, 2.24) is 15.5 Å². The molecule has 3 rings (SSSR count). The van der Waals surface area contributed by atoms with Gasteiger partial charge in [0.1, 0.15) is 18.1 Å². The number of methoxy groups -OCH3 is 2. The molecule has 1 aromatic carbocycles. The van der Waals surface area contributed by atoms with Gasteiger partial charge in [-0.25, -0.2) is 9.68 Å². The number of fused-ring (bicyclic) bond motifs is 1. The molecule has 2 aliphatic rings. The molecule has 2 aliphatic heterocycles. The smallest absolute Gasteiger partial charge is 0.322 e. The molecule has 4 amide bonds. The van der Waals surface area contributed by atoms with Gasteiger partial charge in [-0.05, 0) is 29.3 Å². The number of ether oxygens (including phenoxy) is 2. The molecular weight excluding hydrogens is 442 g/mol. The Hall–Kier alpha value is -4.07. The van der Waals surface area contributed by atoms with Crippen molar-refractivity contribution < 1.29 is 34.0 Å². The first-order valence-corrected chi connectivity index (χ1v) is 10.3. The van der Waals surface area contributed by atoms with E-state index in [-0.39, 0.29) is 37.8 Å². The molecule has 0 spiro atoms. The van der Waals surface area contributed by atoms with Gasteiger partial charge in [-0.3, -0.25) is 20.2 Å². The summed E-state index contributed by atoms with van der Waals surface area (Å²) in [6.45, 7) is -0.00450. The first kappa shape index (κ1) is 24.6. The van der Waals surface area contributed by atoms with E-state index in [1.807, 2.05) is 0 Å². The lowest BCUT2D eigenvalue weighted by molar-refractivity contribution is -0.231. The topological polar surface area (TPSA) is 126 Å². The lowest BCUT2D eigenvalue weighted by atomic mass is 9.94. The summed E-state index contributed by atoms with van der Waals surface area (Å²) in [4.78, 5) is 43.8. The van der Waals surface area contributed by atoms with Crippen LogP contribution in [-0.2, 0) is 21.0 Å². The van der Waals surface area contributed by atoms with Crippen LogP contribution in [0.4, 0.5) is 4.79 Å². The highest BCUT2D eigenvalue weighted by Gasteiger charge is 2.53. The summed E-state index contributed by atoms with van der Waals surface area (Å²) in [5.41, 5.74) is 0.101. The van der Waals surface area contributed by atoms with Crippen LogP contribution in [-0.4, -0.2) is 60.9 Å². The zero-order chi connectivity index (χ0) is 24.7. The summed E-state index contributed by atoms with van der Waals surface area (Å²) in [5, 5.41) is 13.4. The van der Waals surface area contributed by atoms with E-state index in [9.17, 15) is 14.4 Å². The fourth-order valence-electron chi connectivity index (χ4n) is 3.82. The van der Waals surface area contributed by atoms with Crippen LogP contribution >= 0.6 is 0 Å². The molecule has 1 fully saturated rings. The lowest BCUT2D eigenvalue weighted by Crippen LogP contribution is -2.57. The van der Waals surface area contributed by atoms with Crippen LogP contribution in [0.1, 0.15) is 22.3 Å². The van der Waals surface area contributed by atoms with E-state index >= 15 is 0 Å². The molecule has 10 nitrogen and oxygen atoms in total. The van der Waals surface area contributed by atoms with Crippen molar-refractivity contribution in [1.29, 1.82) is 0 Å². The zero-order valence-electron chi connectivity index (χ0n) is 18.8. The Morgan fingerprint density at radius 1 is 1.32 bits per heavy atom. The molecule has 1 aromatic rings. The number of allylic oxidation sites excluding steroid dienone is 4. The molecule has 0 aromatic heterocycles. The highest BCUT2D eigenvalue weighted by Crippen LogP contribution is 2.31. The minimum atomic E-state index is -1.68. The van der Waals surface area contributed by atoms with Crippen molar-refractivity contribution in [2.45, 2.75) is 18.5 Å². The number of hydrogen-bond donors (Lipinski definition) is 3. The average molecular weight is 467 g/mol. The number of carbonyl (C=O) groups excluding carboxylic acids is 3. The normalized spacial score (nSPS) is 20.3. The number of nitrogens with one attached hydrogen (secondary N) is 2. The third-order valence-electron chi connectivity index (χ3n) is 5.44. The molecule has 1 saturated heterocycles. The third-order valence-corrected chi connectivity index (χ3v) is 5.44. The number of amides is 4. The SMILES string of the molecule is C#CC/C=C(\C=C/COO)/C=C(\OC)[C@]1(CN2Cc3ccc(OC)cc3C2=O)NC(=O)NC1=O. The summed E-state index contributed by atoms with van der Waals surface area (Å²) < 4.78 is 10.8. The summed E-state index contributed by atoms with van der Waals surface area (Å²) in [7, 11) is 2.87. The van der Waals surface area contributed by atoms with E-state index in [1.165, 1.54) is 31.3 Å². The van der Waals surface area contributed by atoms with Gasteiger partial charge < -0.3 is 19.7 Å². The second-order valence-corrected chi connectivity index (χ2v) is 7.52. The first-order chi connectivity index (χ1) is 16.4. The highest BCUT2D eigenvalue weighted by molar-refractivity contribution is 6.09. The fraction of sp³-hybridized carbons (Fsp3) is 0.292. The molecule has 34 heavy (non-hydrogen) atoms. The molecule has 3 N–H and O–H groups in total. The quantitative estimate of drug-likeness (QED) is 0.120. The van der Waals surface area contributed by atoms with E-state index in [4.69, 9.17) is 21.2 Å². The third kappa shape index (κ3) is 4.96. The number of benzene rings is 1. The van der Waals surface area contributed by atoms with Crippen LogP contribution in [0.25, 0.3) is 0 Å². The van der Waals surface area contributed by atoms with Crippen molar-refractivity contribution >= 4 is 17.8 Å². The van der Waals surface area contributed by atoms with Crippen LogP contribution < -0.4 is 15.4 Å². The second-order valence-electron chi connectivity index (χ2n) is 7.52. The molecule has 10 heteroatoms. The van der Waals surface area contributed by atoms with Gasteiger partial charge in [-0.15, -0.1) is 12.3 Å². The molecule has 178 valence electrons. The zero-order valence-corrected chi connectivity index (χ0v) is 18.8. The Balaban J connectivity index is 1.99. The van der Waals surface area contributed by atoms with E-state index in [0.717, 1.165) is 5.56 Å². The van der Waals surface area contributed by atoms with Gasteiger partial charge in [0.2, 0.25) is 0 Å². The monoisotopic (exact) mass is 467 g/mol. The van der Waals surface area contributed by atoms with Crippen molar-refractivity contribution in [2.24, 2.45) is 0 Å². The standard InChI is InChI=1S/C24H25N3O7/c1-4-5-7-16(8-6-11-34-31)12-20(33-3)24(22(29)25-23(30)26-24)15-27-14-17-9-10-18(32-2)13-19(17)21(27)28/h1,6-10,12-13,31H,5,11,14-15H2,2-3H3,(H2,25,26,29,30)/b8-6-,16-7+,20-12-/t24-/m0/s1. The predicted molar refractivity (Wildman–Crippen MR) is 121 cm³/mol. The maximum absolute atomic E-state index is 13.1. The van der Waals surface area contributed by atoms with Gasteiger partial charge in [0, 0.05) is 18.5 Å². The van der Waals surface area contributed by atoms with Crippen LogP contribution in [0.3, 0.4) is 0 Å². The maximum atomic E-state index is 13.1. The molecule has 0 aliphatic carbocycles. The number of nitrogens with zero attached hydrogens (tertiary/aromatic N) is 1. The van der Waals surface area contributed by atoms with Crippen LogP contribution in [0.5, 0.6) is 5.75 Å². The number of carbonyl (C=O) groups is 3. The molecule has 0 radical (unpaired) electrons. The number of rotatable bonds is 10. The minimum Gasteiger partial charge on any atom is -0.498 e. The minimum absolute atomic E-state index is 0.0735. The predicted octanol–water partition coefficient (Wildman–Crippen LogP) is 1.75. The Kier molecular flexibility index (Phi) is 7.73. The van der Waals surface area contributed by atoms with Gasteiger partial charge in [0.05, 0.1) is 20.8 Å². The number of imide groups is 1.